The van der Waals surface area contributed by atoms with Crippen LogP contribution < -0.4 is 0 Å². The fraction of sp³-hybridized carbons (Fsp3) is 0.920. The van der Waals surface area contributed by atoms with Crippen LogP contribution in [0.2, 0.25) is 0 Å². The quantitative estimate of drug-likeness (QED) is 0.144. The minimum absolute atomic E-state index is 0.0306. The van der Waals surface area contributed by atoms with Gasteiger partial charge in [0.25, 0.3) is 0 Å². The molecule has 0 aliphatic heterocycles. The van der Waals surface area contributed by atoms with E-state index in [9.17, 15) is 9.59 Å². The predicted octanol–water partition coefficient (Wildman–Crippen LogP) is 7.52. The van der Waals surface area contributed by atoms with Crippen LogP contribution in [-0.2, 0) is 19.1 Å². The Morgan fingerprint density at radius 3 is 1.76 bits per heavy atom. The molecule has 4 heteroatoms. The van der Waals surface area contributed by atoms with Gasteiger partial charge in [-0.15, -0.1) is 0 Å². The standard InChI is InChI=1S/C25H48O4/c1-4-7-9-14-17-22-28-24(26)20-15-12-10-11-13-16-21-25(27)29-23(18-6-3)19-8-5-2/h23H,4-22H2,1-3H3. The van der Waals surface area contributed by atoms with Crippen LogP contribution >= 0.6 is 0 Å². The number of carbonyl (C=O) groups is 2. The summed E-state index contributed by atoms with van der Waals surface area (Å²) in [5, 5.41) is 0. The second-order valence-corrected chi connectivity index (χ2v) is 8.30. The largest absolute Gasteiger partial charge is 0.466 e. The maximum Gasteiger partial charge on any atom is 0.306 e. The van der Waals surface area contributed by atoms with Gasteiger partial charge in [0.1, 0.15) is 6.10 Å². The van der Waals surface area contributed by atoms with Gasteiger partial charge >= 0.3 is 11.9 Å². The summed E-state index contributed by atoms with van der Waals surface area (Å²) in [5.41, 5.74) is 0. The van der Waals surface area contributed by atoms with Crippen LogP contribution in [-0.4, -0.2) is 24.6 Å². The van der Waals surface area contributed by atoms with Gasteiger partial charge in [0.15, 0.2) is 0 Å². The Bertz CT molecular complexity index is 381. The van der Waals surface area contributed by atoms with Gasteiger partial charge in [-0.25, -0.2) is 0 Å². The van der Waals surface area contributed by atoms with Crippen molar-refractivity contribution < 1.29 is 19.1 Å². The van der Waals surface area contributed by atoms with Crippen LogP contribution in [0.15, 0.2) is 0 Å². The minimum Gasteiger partial charge on any atom is -0.466 e. The van der Waals surface area contributed by atoms with E-state index in [0.717, 1.165) is 83.5 Å². The number of rotatable bonds is 21. The molecule has 172 valence electrons. The van der Waals surface area contributed by atoms with Crippen molar-refractivity contribution in [2.24, 2.45) is 0 Å². The molecular formula is C25H48O4. The maximum absolute atomic E-state index is 12.0. The van der Waals surface area contributed by atoms with E-state index >= 15 is 0 Å². The summed E-state index contributed by atoms with van der Waals surface area (Å²) < 4.78 is 10.9. The molecule has 4 nitrogen and oxygen atoms in total. The summed E-state index contributed by atoms with van der Waals surface area (Å²) in [6, 6.07) is 0. The monoisotopic (exact) mass is 412 g/mol. The third-order valence-corrected chi connectivity index (χ3v) is 5.31. The van der Waals surface area contributed by atoms with Crippen LogP contribution in [0.4, 0.5) is 0 Å². The molecule has 0 aliphatic carbocycles. The van der Waals surface area contributed by atoms with E-state index in [1.807, 2.05) is 0 Å². The van der Waals surface area contributed by atoms with Crippen molar-refractivity contribution in [1.29, 1.82) is 0 Å². The highest BCUT2D eigenvalue weighted by Gasteiger charge is 2.12. The molecule has 0 saturated heterocycles. The summed E-state index contributed by atoms with van der Waals surface area (Å²) in [6.45, 7) is 7.09. The predicted molar refractivity (Wildman–Crippen MR) is 121 cm³/mol. The van der Waals surface area contributed by atoms with Crippen LogP contribution in [0.1, 0.15) is 136 Å². The molecule has 0 rings (SSSR count). The first kappa shape index (κ1) is 27.9. The van der Waals surface area contributed by atoms with E-state index in [2.05, 4.69) is 20.8 Å². The van der Waals surface area contributed by atoms with Gasteiger partial charge in [0.05, 0.1) is 6.61 Å². The summed E-state index contributed by atoms with van der Waals surface area (Å²) in [5.74, 6) is -0.0788. The van der Waals surface area contributed by atoms with Crippen LogP contribution in [0.3, 0.4) is 0 Å². The van der Waals surface area contributed by atoms with Crippen molar-refractivity contribution >= 4 is 11.9 Å². The number of unbranched alkanes of at least 4 members (excludes halogenated alkanes) is 10. The van der Waals surface area contributed by atoms with Crippen molar-refractivity contribution in [3.05, 3.63) is 0 Å². The molecular weight excluding hydrogens is 364 g/mol. The topological polar surface area (TPSA) is 52.6 Å². The zero-order chi connectivity index (χ0) is 21.6. The number of hydrogen-bond acceptors (Lipinski definition) is 4. The first-order valence-electron chi connectivity index (χ1n) is 12.5. The van der Waals surface area contributed by atoms with Gasteiger partial charge in [0, 0.05) is 12.8 Å². The maximum atomic E-state index is 12.0. The van der Waals surface area contributed by atoms with Gasteiger partial charge in [-0.05, 0) is 32.1 Å². The summed E-state index contributed by atoms with van der Waals surface area (Å²) in [4.78, 5) is 23.7. The third kappa shape index (κ3) is 20.0. The molecule has 0 aromatic carbocycles. The second-order valence-electron chi connectivity index (χ2n) is 8.30. The highest BCUT2D eigenvalue weighted by atomic mass is 16.5. The van der Waals surface area contributed by atoms with E-state index in [-0.39, 0.29) is 18.0 Å². The summed E-state index contributed by atoms with van der Waals surface area (Å²) >= 11 is 0. The average molecular weight is 413 g/mol. The lowest BCUT2D eigenvalue weighted by atomic mass is 10.1. The van der Waals surface area contributed by atoms with E-state index in [1.165, 1.54) is 19.3 Å². The Morgan fingerprint density at radius 1 is 0.586 bits per heavy atom. The molecule has 0 aliphatic rings. The molecule has 0 radical (unpaired) electrons. The third-order valence-electron chi connectivity index (χ3n) is 5.31. The molecule has 0 saturated carbocycles. The Labute approximate surface area is 180 Å². The molecule has 0 bridgehead atoms. The number of esters is 2. The molecule has 0 aromatic heterocycles. The zero-order valence-corrected chi connectivity index (χ0v) is 19.6. The Hall–Kier alpha value is -1.06. The lowest BCUT2D eigenvalue weighted by Crippen LogP contribution is -2.18. The van der Waals surface area contributed by atoms with Gasteiger partial charge in [-0.3, -0.25) is 9.59 Å². The first-order chi connectivity index (χ1) is 14.1. The molecule has 0 heterocycles. The molecule has 1 atom stereocenters. The molecule has 0 amide bonds. The summed E-state index contributed by atoms with van der Waals surface area (Å²) in [7, 11) is 0. The van der Waals surface area contributed by atoms with Crippen LogP contribution in [0, 0.1) is 0 Å². The average Bonchev–Trinajstić information content (AvgIpc) is 2.70. The molecule has 0 aromatic rings. The van der Waals surface area contributed by atoms with Gasteiger partial charge in [-0.2, -0.15) is 0 Å². The SMILES string of the molecule is CCCCCCCOC(=O)CCCCCCCCC(=O)OC(CCC)CCCC. The molecule has 0 fully saturated rings. The minimum atomic E-state index is -0.0482. The number of ether oxygens (including phenoxy) is 2. The lowest BCUT2D eigenvalue weighted by molar-refractivity contribution is -0.150. The number of hydrogen-bond donors (Lipinski definition) is 0. The van der Waals surface area contributed by atoms with E-state index in [0.29, 0.717) is 19.4 Å². The van der Waals surface area contributed by atoms with Crippen molar-refractivity contribution in [2.45, 2.75) is 142 Å². The van der Waals surface area contributed by atoms with Crippen LogP contribution in [0.25, 0.3) is 0 Å². The molecule has 0 spiro atoms. The molecule has 29 heavy (non-hydrogen) atoms. The normalized spacial score (nSPS) is 12.0. The zero-order valence-electron chi connectivity index (χ0n) is 19.6. The lowest BCUT2D eigenvalue weighted by Gasteiger charge is -2.17. The van der Waals surface area contributed by atoms with Crippen molar-refractivity contribution in [3.63, 3.8) is 0 Å². The first-order valence-corrected chi connectivity index (χ1v) is 12.5. The van der Waals surface area contributed by atoms with Gasteiger partial charge < -0.3 is 9.47 Å². The van der Waals surface area contributed by atoms with Gasteiger partial charge in [0.2, 0.25) is 0 Å². The van der Waals surface area contributed by atoms with Crippen molar-refractivity contribution in [3.8, 4) is 0 Å². The van der Waals surface area contributed by atoms with Crippen LogP contribution in [0.5, 0.6) is 0 Å². The van der Waals surface area contributed by atoms with E-state index < -0.39 is 0 Å². The second kappa shape index (κ2) is 21.6. The Balaban J connectivity index is 3.49. The van der Waals surface area contributed by atoms with Crippen molar-refractivity contribution in [2.75, 3.05) is 6.61 Å². The molecule has 0 N–H and O–H groups in total. The highest BCUT2D eigenvalue weighted by Crippen LogP contribution is 2.14. The molecule has 1 unspecified atom stereocenters. The van der Waals surface area contributed by atoms with E-state index in [1.54, 1.807) is 0 Å². The van der Waals surface area contributed by atoms with Crippen molar-refractivity contribution in [1.82, 2.24) is 0 Å². The van der Waals surface area contributed by atoms with E-state index in [4.69, 9.17) is 9.47 Å². The summed E-state index contributed by atoms with van der Waals surface area (Å²) in [6.07, 6.45) is 18.6. The Kier molecular flexibility index (Phi) is 20.9. The smallest absolute Gasteiger partial charge is 0.306 e. The van der Waals surface area contributed by atoms with Gasteiger partial charge in [-0.1, -0.05) is 91.4 Å². The number of carbonyl (C=O) groups excluding carboxylic acids is 2. The fourth-order valence-corrected chi connectivity index (χ4v) is 3.47. The Morgan fingerprint density at radius 2 is 1.14 bits per heavy atom. The fourth-order valence-electron chi connectivity index (χ4n) is 3.47. The highest BCUT2D eigenvalue weighted by molar-refractivity contribution is 5.69.